The molecule has 1 fully saturated rings. The number of carbonyl (C=O) groups excluding carboxylic acids is 1. The van der Waals surface area contributed by atoms with Crippen LogP contribution in [0.4, 0.5) is 0 Å². The van der Waals surface area contributed by atoms with Gasteiger partial charge in [0.05, 0.1) is 5.92 Å². The van der Waals surface area contributed by atoms with Crippen LogP contribution in [0.2, 0.25) is 0 Å². The predicted molar refractivity (Wildman–Crippen MR) is 56.4 cm³/mol. The van der Waals surface area contributed by atoms with Crippen molar-refractivity contribution in [3.05, 3.63) is 0 Å². The first kappa shape index (κ1) is 13.9. The minimum atomic E-state index is -0.324. The van der Waals surface area contributed by atoms with E-state index in [0.29, 0.717) is 5.92 Å². The number of hydrogen-bond acceptors (Lipinski definition) is 3. The van der Waals surface area contributed by atoms with Crippen molar-refractivity contribution >= 4 is 12.4 Å². The van der Waals surface area contributed by atoms with Crippen LogP contribution in [0.5, 0.6) is 0 Å². The van der Waals surface area contributed by atoms with Crippen molar-refractivity contribution in [2.75, 3.05) is 0 Å². The lowest BCUT2D eigenvalue weighted by Crippen LogP contribution is -2.35. The Labute approximate surface area is 90.6 Å². The summed E-state index contributed by atoms with van der Waals surface area (Å²) in [5.41, 5.74) is -0.324. The standard InChI is InChI=1S/C10H18O2.CH2O2/c1-7-5-8(6-7)9(11)12-10(2,3)4;2-1-3/h7-8H,5-6H2,1-4H3;1H,(H,2,3). The lowest BCUT2D eigenvalue weighted by atomic mass is 9.76. The van der Waals surface area contributed by atoms with Crippen molar-refractivity contribution in [2.24, 2.45) is 11.8 Å². The van der Waals surface area contributed by atoms with Gasteiger partial charge in [-0.3, -0.25) is 9.59 Å². The lowest BCUT2D eigenvalue weighted by molar-refractivity contribution is -0.164. The Hall–Kier alpha value is -1.06. The second kappa shape index (κ2) is 5.73. The Morgan fingerprint density at radius 3 is 2.07 bits per heavy atom. The van der Waals surface area contributed by atoms with Crippen LogP contribution in [0.3, 0.4) is 0 Å². The summed E-state index contributed by atoms with van der Waals surface area (Å²) in [6.07, 6.45) is 2.02. The maximum atomic E-state index is 11.4. The summed E-state index contributed by atoms with van der Waals surface area (Å²) in [6, 6.07) is 0. The molecule has 4 heteroatoms. The maximum Gasteiger partial charge on any atom is 0.309 e. The van der Waals surface area contributed by atoms with Gasteiger partial charge in [0.2, 0.25) is 0 Å². The van der Waals surface area contributed by atoms with E-state index < -0.39 is 0 Å². The van der Waals surface area contributed by atoms with Gasteiger partial charge < -0.3 is 9.84 Å². The van der Waals surface area contributed by atoms with Crippen LogP contribution in [-0.4, -0.2) is 23.1 Å². The number of esters is 1. The monoisotopic (exact) mass is 216 g/mol. The van der Waals surface area contributed by atoms with Gasteiger partial charge in [0.15, 0.2) is 0 Å². The summed E-state index contributed by atoms with van der Waals surface area (Å²) in [7, 11) is 0. The Balaban J connectivity index is 0.000000583. The summed E-state index contributed by atoms with van der Waals surface area (Å²) in [5.74, 6) is 0.877. The minimum Gasteiger partial charge on any atom is -0.483 e. The highest BCUT2D eigenvalue weighted by Gasteiger charge is 2.34. The number of rotatable bonds is 1. The molecule has 1 aliphatic rings. The van der Waals surface area contributed by atoms with Gasteiger partial charge in [0, 0.05) is 0 Å². The van der Waals surface area contributed by atoms with Crippen molar-refractivity contribution in [2.45, 2.75) is 46.1 Å². The molecule has 15 heavy (non-hydrogen) atoms. The first-order chi connectivity index (χ1) is 6.80. The van der Waals surface area contributed by atoms with Crippen LogP contribution >= 0.6 is 0 Å². The average molecular weight is 216 g/mol. The van der Waals surface area contributed by atoms with Crippen LogP contribution in [0.15, 0.2) is 0 Å². The molecule has 1 aliphatic carbocycles. The summed E-state index contributed by atoms with van der Waals surface area (Å²) in [5, 5.41) is 6.89. The second-order valence-corrected chi connectivity index (χ2v) is 4.91. The molecule has 0 atom stereocenters. The Morgan fingerprint density at radius 1 is 1.40 bits per heavy atom. The lowest BCUT2D eigenvalue weighted by Gasteiger charge is -2.33. The number of carboxylic acid groups (broad SMARTS) is 1. The van der Waals surface area contributed by atoms with Gasteiger partial charge in [-0.05, 0) is 39.5 Å². The van der Waals surface area contributed by atoms with E-state index in [4.69, 9.17) is 14.6 Å². The molecular weight excluding hydrogens is 196 g/mol. The molecule has 0 spiro atoms. The summed E-state index contributed by atoms with van der Waals surface area (Å²) in [6.45, 7) is 7.65. The molecule has 0 bridgehead atoms. The zero-order chi connectivity index (χ0) is 12.1. The van der Waals surface area contributed by atoms with Crippen LogP contribution < -0.4 is 0 Å². The average Bonchev–Trinajstić information content (AvgIpc) is 1.96. The summed E-state index contributed by atoms with van der Waals surface area (Å²) in [4.78, 5) is 19.7. The molecule has 0 radical (unpaired) electrons. The molecule has 0 aliphatic heterocycles. The molecule has 1 rings (SSSR count). The van der Waals surface area contributed by atoms with Gasteiger partial charge in [-0.25, -0.2) is 0 Å². The Kier molecular flexibility index (Phi) is 5.33. The first-order valence-corrected chi connectivity index (χ1v) is 5.11. The largest absolute Gasteiger partial charge is 0.483 e. The van der Waals surface area contributed by atoms with Crippen molar-refractivity contribution < 1.29 is 19.4 Å². The third-order valence-electron chi connectivity index (χ3n) is 2.11. The van der Waals surface area contributed by atoms with E-state index in [1.807, 2.05) is 20.8 Å². The molecule has 0 unspecified atom stereocenters. The topological polar surface area (TPSA) is 63.6 Å². The molecule has 1 N–H and O–H groups in total. The second-order valence-electron chi connectivity index (χ2n) is 4.91. The van der Waals surface area contributed by atoms with Gasteiger partial charge in [-0.2, -0.15) is 0 Å². The highest BCUT2D eigenvalue weighted by atomic mass is 16.6. The van der Waals surface area contributed by atoms with Gasteiger partial charge >= 0.3 is 5.97 Å². The minimum absolute atomic E-state index is 0.0133. The quantitative estimate of drug-likeness (QED) is 0.538. The van der Waals surface area contributed by atoms with Crippen molar-refractivity contribution in [1.29, 1.82) is 0 Å². The molecule has 0 aromatic carbocycles. The fourth-order valence-corrected chi connectivity index (χ4v) is 1.48. The third-order valence-corrected chi connectivity index (χ3v) is 2.11. The van der Waals surface area contributed by atoms with Crippen LogP contribution in [0.1, 0.15) is 40.5 Å². The molecule has 0 amide bonds. The van der Waals surface area contributed by atoms with Gasteiger partial charge in [0.25, 0.3) is 6.47 Å². The zero-order valence-corrected chi connectivity index (χ0v) is 9.82. The van der Waals surface area contributed by atoms with Crippen LogP contribution in [-0.2, 0) is 14.3 Å². The van der Waals surface area contributed by atoms with Gasteiger partial charge in [0.1, 0.15) is 5.60 Å². The smallest absolute Gasteiger partial charge is 0.309 e. The Morgan fingerprint density at radius 2 is 1.80 bits per heavy atom. The molecule has 1 saturated carbocycles. The molecule has 0 aromatic heterocycles. The van der Waals surface area contributed by atoms with E-state index in [-0.39, 0.29) is 24.0 Å². The molecule has 0 aromatic rings. The predicted octanol–water partition coefficient (Wildman–Crippen LogP) is 2.07. The van der Waals surface area contributed by atoms with Crippen molar-refractivity contribution in [1.82, 2.24) is 0 Å². The highest BCUT2D eigenvalue weighted by Crippen LogP contribution is 2.34. The van der Waals surface area contributed by atoms with E-state index in [0.717, 1.165) is 12.8 Å². The van der Waals surface area contributed by atoms with E-state index >= 15 is 0 Å². The molecular formula is C11H20O4. The highest BCUT2D eigenvalue weighted by molar-refractivity contribution is 5.73. The van der Waals surface area contributed by atoms with Crippen LogP contribution in [0.25, 0.3) is 0 Å². The first-order valence-electron chi connectivity index (χ1n) is 5.11. The zero-order valence-electron chi connectivity index (χ0n) is 9.82. The number of ether oxygens (including phenoxy) is 1. The molecule has 4 nitrogen and oxygen atoms in total. The number of carbonyl (C=O) groups is 2. The molecule has 0 saturated heterocycles. The maximum absolute atomic E-state index is 11.4. The van der Waals surface area contributed by atoms with E-state index in [9.17, 15) is 4.79 Å². The van der Waals surface area contributed by atoms with E-state index in [1.165, 1.54) is 0 Å². The van der Waals surface area contributed by atoms with Crippen molar-refractivity contribution in [3.8, 4) is 0 Å². The van der Waals surface area contributed by atoms with Crippen LogP contribution in [0, 0.1) is 11.8 Å². The normalized spacial score (nSPS) is 24.3. The number of hydrogen-bond donors (Lipinski definition) is 1. The molecule has 0 heterocycles. The molecule has 88 valence electrons. The SMILES string of the molecule is CC1CC(C(=O)OC(C)(C)C)C1.O=CO. The third kappa shape index (κ3) is 6.10. The fraction of sp³-hybridized carbons (Fsp3) is 0.818. The summed E-state index contributed by atoms with van der Waals surface area (Å²) >= 11 is 0. The van der Waals surface area contributed by atoms with E-state index in [1.54, 1.807) is 0 Å². The van der Waals surface area contributed by atoms with Crippen molar-refractivity contribution in [3.63, 3.8) is 0 Å². The summed E-state index contributed by atoms with van der Waals surface area (Å²) < 4.78 is 5.25. The van der Waals surface area contributed by atoms with E-state index in [2.05, 4.69) is 6.92 Å². The Bertz CT molecular complexity index is 211. The fourth-order valence-electron chi connectivity index (χ4n) is 1.48. The van der Waals surface area contributed by atoms with Gasteiger partial charge in [-0.15, -0.1) is 0 Å². The van der Waals surface area contributed by atoms with Gasteiger partial charge in [-0.1, -0.05) is 6.92 Å².